The molecule has 0 saturated carbocycles. The van der Waals surface area contributed by atoms with Crippen molar-refractivity contribution < 1.29 is 9.47 Å². The summed E-state index contributed by atoms with van der Waals surface area (Å²) in [6.07, 6.45) is 3.08. The molecule has 1 atom stereocenters. The van der Waals surface area contributed by atoms with E-state index in [4.69, 9.17) is 9.47 Å². The van der Waals surface area contributed by atoms with Crippen LogP contribution in [0.3, 0.4) is 0 Å². The minimum atomic E-state index is 0.577. The van der Waals surface area contributed by atoms with Gasteiger partial charge in [0.15, 0.2) is 5.96 Å². The fourth-order valence-electron chi connectivity index (χ4n) is 3.09. The Labute approximate surface area is 154 Å². The highest BCUT2D eigenvalue weighted by molar-refractivity contribution is 5.79. The predicted molar refractivity (Wildman–Crippen MR) is 102 cm³/mol. The summed E-state index contributed by atoms with van der Waals surface area (Å²) < 4.78 is 12.5. The third-order valence-electron chi connectivity index (χ3n) is 4.54. The van der Waals surface area contributed by atoms with Crippen molar-refractivity contribution in [1.29, 1.82) is 0 Å². The molecule has 1 fully saturated rings. The second-order valence-corrected chi connectivity index (χ2v) is 6.46. The molecule has 2 heterocycles. The largest absolute Gasteiger partial charge is 0.497 e. The van der Waals surface area contributed by atoms with Crippen LogP contribution in [0.25, 0.3) is 5.69 Å². The van der Waals surface area contributed by atoms with Gasteiger partial charge in [0, 0.05) is 39.4 Å². The van der Waals surface area contributed by atoms with Crippen LogP contribution in [0, 0.1) is 5.92 Å². The summed E-state index contributed by atoms with van der Waals surface area (Å²) >= 11 is 0. The summed E-state index contributed by atoms with van der Waals surface area (Å²) in [5, 5.41) is 8.01. The molecule has 26 heavy (non-hydrogen) atoms. The maximum Gasteiger partial charge on any atom is 0.193 e. The van der Waals surface area contributed by atoms with Crippen LogP contribution >= 0.6 is 0 Å². The SMILES string of the molecule is CN=C(NCc1ccn(-c2ccc(OC)cc2)n1)N(C)CC1CCOC1. The number of methoxy groups -OCH3 is 1. The molecule has 1 saturated heterocycles. The minimum Gasteiger partial charge on any atom is -0.497 e. The minimum absolute atomic E-state index is 0.577. The fourth-order valence-corrected chi connectivity index (χ4v) is 3.09. The molecule has 3 rings (SSSR count). The van der Waals surface area contributed by atoms with Gasteiger partial charge in [-0.05, 0) is 36.8 Å². The van der Waals surface area contributed by atoms with Crippen LogP contribution in [0.2, 0.25) is 0 Å². The van der Waals surface area contributed by atoms with Gasteiger partial charge in [0.1, 0.15) is 5.75 Å². The van der Waals surface area contributed by atoms with E-state index < -0.39 is 0 Å². The van der Waals surface area contributed by atoms with Gasteiger partial charge in [0.05, 0.1) is 31.6 Å². The lowest BCUT2D eigenvalue weighted by Crippen LogP contribution is -2.41. The Balaban J connectivity index is 1.55. The van der Waals surface area contributed by atoms with E-state index in [2.05, 4.69) is 27.4 Å². The Bertz CT molecular complexity index is 720. The first-order valence-corrected chi connectivity index (χ1v) is 8.88. The van der Waals surface area contributed by atoms with Crippen LogP contribution in [-0.4, -0.2) is 61.6 Å². The van der Waals surface area contributed by atoms with Gasteiger partial charge in [0.25, 0.3) is 0 Å². The van der Waals surface area contributed by atoms with Gasteiger partial charge < -0.3 is 19.7 Å². The Hall–Kier alpha value is -2.54. The van der Waals surface area contributed by atoms with Crippen LogP contribution in [-0.2, 0) is 11.3 Å². The zero-order chi connectivity index (χ0) is 18.4. The summed E-state index contributed by atoms with van der Waals surface area (Å²) in [6.45, 7) is 3.28. The molecule has 7 heteroatoms. The number of aliphatic imine (C=N–C) groups is 1. The van der Waals surface area contributed by atoms with Crippen molar-refractivity contribution >= 4 is 5.96 Å². The normalized spacial score (nSPS) is 17.3. The molecule has 2 aromatic rings. The lowest BCUT2D eigenvalue weighted by atomic mass is 10.1. The maximum absolute atomic E-state index is 5.45. The summed E-state index contributed by atoms with van der Waals surface area (Å²) in [5.74, 6) is 2.28. The summed E-state index contributed by atoms with van der Waals surface area (Å²) in [4.78, 5) is 6.52. The van der Waals surface area contributed by atoms with Gasteiger partial charge in [-0.2, -0.15) is 5.10 Å². The number of nitrogens with one attached hydrogen (secondary N) is 1. The first-order valence-electron chi connectivity index (χ1n) is 8.88. The van der Waals surface area contributed by atoms with E-state index in [0.717, 1.165) is 49.3 Å². The van der Waals surface area contributed by atoms with E-state index in [1.54, 1.807) is 14.2 Å². The van der Waals surface area contributed by atoms with Crippen LogP contribution in [0.15, 0.2) is 41.5 Å². The molecule has 1 N–H and O–H groups in total. The second kappa shape index (κ2) is 8.71. The van der Waals surface area contributed by atoms with Crippen LogP contribution in [0.1, 0.15) is 12.1 Å². The molecule has 7 nitrogen and oxygen atoms in total. The molecule has 1 aromatic carbocycles. The van der Waals surface area contributed by atoms with Crippen molar-refractivity contribution in [2.45, 2.75) is 13.0 Å². The average Bonchev–Trinajstić information content (AvgIpc) is 3.34. The third-order valence-corrected chi connectivity index (χ3v) is 4.54. The quantitative estimate of drug-likeness (QED) is 0.632. The topological polar surface area (TPSA) is 63.9 Å². The second-order valence-electron chi connectivity index (χ2n) is 6.46. The van der Waals surface area contributed by atoms with E-state index >= 15 is 0 Å². The molecule has 0 bridgehead atoms. The highest BCUT2D eigenvalue weighted by Crippen LogP contribution is 2.15. The highest BCUT2D eigenvalue weighted by atomic mass is 16.5. The molecular weight excluding hydrogens is 330 g/mol. The van der Waals surface area contributed by atoms with E-state index in [1.165, 1.54) is 0 Å². The molecule has 0 radical (unpaired) electrons. The van der Waals surface area contributed by atoms with Gasteiger partial charge in [0.2, 0.25) is 0 Å². The Morgan fingerprint density at radius 1 is 1.38 bits per heavy atom. The van der Waals surface area contributed by atoms with Gasteiger partial charge in [-0.25, -0.2) is 4.68 Å². The van der Waals surface area contributed by atoms with Gasteiger partial charge >= 0.3 is 0 Å². The van der Waals surface area contributed by atoms with Crippen molar-refractivity contribution in [3.8, 4) is 11.4 Å². The number of aromatic nitrogens is 2. The standard InChI is InChI=1S/C19H27N5O2/c1-20-19(23(2)13-15-9-11-26-14-15)21-12-16-8-10-24(22-16)17-4-6-18(25-3)7-5-17/h4-8,10,15H,9,11-14H2,1-3H3,(H,20,21). The molecule has 0 aliphatic carbocycles. The van der Waals surface area contributed by atoms with Crippen molar-refractivity contribution in [2.24, 2.45) is 10.9 Å². The smallest absolute Gasteiger partial charge is 0.193 e. The lowest BCUT2D eigenvalue weighted by Gasteiger charge is -2.24. The van der Waals surface area contributed by atoms with E-state index in [9.17, 15) is 0 Å². The maximum atomic E-state index is 5.45. The lowest BCUT2D eigenvalue weighted by molar-refractivity contribution is 0.181. The Kier molecular flexibility index (Phi) is 6.12. The number of hydrogen-bond acceptors (Lipinski definition) is 4. The van der Waals surface area contributed by atoms with Gasteiger partial charge in [-0.1, -0.05) is 0 Å². The highest BCUT2D eigenvalue weighted by Gasteiger charge is 2.19. The van der Waals surface area contributed by atoms with E-state index in [1.807, 2.05) is 41.2 Å². The molecule has 1 unspecified atom stereocenters. The average molecular weight is 357 g/mol. The van der Waals surface area contributed by atoms with Crippen molar-refractivity contribution in [3.63, 3.8) is 0 Å². The Morgan fingerprint density at radius 2 is 2.19 bits per heavy atom. The first kappa shape index (κ1) is 18.3. The van der Waals surface area contributed by atoms with Crippen molar-refractivity contribution in [1.82, 2.24) is 20.0 Å². The van der Waals surface area contributed by atoms with Crippen molar-refractivity contribution in [2.75, 3.05) is 41.0 Å². The molecule has 140 valence electrons. The van der Waals surface area contributed by atoms with Crippen LogP contribution in [0.5, 0.6) is 5.75 Å². The number of benzene rings is 1. The van der Waals surface area contributed by atoms with Crippen LogP contribution < -0.4 is 10.1 Å². The number of rotatable bonds is 6. The molecule has 1 aromatic heterocycles. The van der Waals surface area contributed by atoms with Gasteiger partial charge in [-0.3, -0.25) is 4.99 Å². The summed E-state index contributed by atoms with van der Waals surface area (Å²) in [7, 11) is 5.53. The van der Waals surface area contributed by atoms with Gasteiger partial charge in [-0.15, -0.1) is 0 Å². The molecule has 0 spiro atoms. The van der Waals surface area contributed by atoms with Crippen molar-refractivity contribution in [3.05, 3.63) is 42.2 Å². The number of ether oxygens (including phenoxy) is 2. The molecule has 0 amide bonds. The first-order chi connectivity index (χ1) is 12.7. The monoisotopic (exact) mass is 357 g/mol. The molecule has 1 aliphatic heterocycles. The van der Waals surface area contributed by atoms with E-state index in [0.29, 0.717) is 12.5 Å². The number of nitrogens with zero attached hydrogens (tertiary/aromatic N) is 4. The summed E-state index contributed by atoms with van der Waals surface area (Å²) in [5.41, 5.74) is 1.96. The van der Waals surface area contributed by atoms with E-state index in [-0.39, 0.29) is 0 Å². The Morgan fingerprint density at radius 3 is 2.85 bits per heavy atom. The third kappa shape index (κ3) is 4.54. The fraction of sp³-hybridized carbons (Fsp3) is 0.474. The predicted octanol–water partition coefficient (Wildman–Crippen LogP) is 1.92. The molecular formula is C19H27N5O2. The number of hydrogen-bond donors (Lipinski definition) is 1. The summed E-state index contributed by atoms with van der Waals surface area (Å²) in [6, 6.07) is 9.84. The number of guanidine groups is 1. The zero-order valence-electron chi connectivity index (χ0n) is 15.7. The molecule has 1 aliphatic rings. The zero-order valence-corrected chi connectivity index (χ0v) is 15.7. The van der Waals surface area contributed by atoms with Crippen LogP contribution in [0.4, 0.5) is 0 Å².